The third kappa shape index (κ3) is 6.68. The fraction of sp³-hybridized carbons (Fsp3) is 0.538. The molecule has 1 aliphatic rings. The summed E-state index contributed by atoms with van der Waals surface area (Å²) in [5.41, 5.74) is 4.37. The number of hydrogen-bond donors (Lipinski definition) is 0. The van der Waals surface area contributed by atoms with Crippen molar-refractivity contribution in [1.82, 2.24) is 0 Å². The second kappa shape index (κ2) is 10.9. The molecule has 1 saturated carbocycles. The molecule has 0 amide bonds. The quantitative estimate of drug-likeness (QED) is 0.382. The van der Waals surface area contributed by atoms with Gasteiger partial charge in [0.2, 0.25) is 0 Å². The van der Waals surface area contributed by atoms with Crippen molar-refractivity contribution in [1.29, 1.82) is 0 Å². The molecule has 0 N–H and O–H groups in total. The first-order valence-corrected chi connectivity index (χ1v) is 11.5. The summed E-state index contributed by atoms with van der Waals surface area (Å²) in [6, 6.07) is 17.7. The van der Waals surface area contributed by atoms with E-state index in [-0.39, 0.29) is 0 Å². The molecule has 0 bridgehead atoms. The fourth-order valence-electron chi connectivity index (χ4n) is 4.54. The minimum atomic E-state index is 0.794. The minimum absolute atomic E-state index is 0.794. The SMILES string of the molecule is CCCCCCC1CCC(c2ccc(CCc3ccc(Cl)cc3)cc2)CC1. The van der Waals surface area contributed by atoms with Gasteiger partial charge in [0.1, 0.15) is 0 Å². The summed E-state index contributed by atoms with van der Waals surface area (Å²) < 4.78 is 0. The van der Waals surface area contributed by atoms with E-state index in [1.54, 1.807) is 5.56 Å². The predicted octanol–water partition coefficient (Wildman–Crippen LogP) is 8.37. The van der Waals surface area contributed by atoms with Gasteiger partial charge in [-0.25, -0.2) is 0 Å². The standard InChI is InChI=1S/C26H35Cl/c1-2-3-4-5-6-21-9-15-24(16-10-21)25-17-11-22(12-18-25)7-8-23-13-19-26(27)20-14-23/h11-14,17-21,24H,2-10,15-16H2,1H3. The van der Waals surface area contributed by atoms with E-state index < -0.39 is 0 Å². The van der Waals surface area contributed by atoms with Gasteiger partial charge in [-0.05, 0) is 79.2 Å². The molecule has 2 aromatic carbocycles. The zero-order chi connectivity index (χ0) is 18.9. The summed E-state index contributed by atoms with van der Waals surface area (Å²) in [6.07, 6.45) is 15.0. The van der Waals surface area contributed by atoms with Gasteiger partial charge in [0.05, 0.1) is 0 Å². The highest BCUT2D eigenvalue weighted by Gasteiger charge is 2.21. The van der Waals surface area contributed by atoms with Crippen LogP contribution in [0.1, 0.15) is 87.3 Å². The Morgan fingerprint density at radius 3 is 1.93 bits per heavy atom. The fourth-order valence-corrected chi connectivity index (χ4v) is 4.67. The highest BCUT2D eigenvalue weighted by atomic mass is 35.5. The average Bonchev–Trinajstić information content (AvgIpc) is 2.72. The van der Waals surface area contributed by atoms with Crippen LogP contribution < -0.4 is 0 Å². The summed E-state index contributed by atoms with van der Waals surface area (Å²) in [5, 5.41) is 0.818. The molecule has 0 aliphatic heterocycles. The molecule has 0 atom stereocenters. The first-order valence-electron chi connectivity index (χ1n) is 11.1. The van der Waals surface area contributed by atoms with Gasteiger partial charge in [0, 0.05) is 5.02 Å². The van der Waals surface area contributed by atoms with Crippen molar-refractivity contribution in [3.8, 4) is 0 Å². The smallest absolute Gasteiger partial charge is 0.0406 e. The number of rotatable bonds is 9. The maximum absolute atomic E-state index is 5.97. The lowest BCUT2D eigenvalue weighted by atomic mass is 9.77. The number of hydrogen-bond acceptors (Lipinski definition) is 0. The third-order valence-corrected chi connectivity index (χ3v) is 6.63. The molecule has 3 rings (SSSR count). The van der Waals surface area contributed by atoms with Gasteiger partial charge < -0.3 is 0 Å². The molecule has 0 aromatic heterocycles. The van der Waals surface area contributed by atoms with E-state index in [0.717, 1.165) is 29.7 Å². The van der Waals surface area contributed by atoms with Crippen LogP contribution in [0.15, 0.2) is 48.5 Å². The lowest BCUT2D eigenvalue weighted by molar-refractivity contribution is 0.302. The van der Waals surface area contributed by atoms with Gasteiger partial charge in [0.25, 0.3) is 0 Å². The highest BCUT2D eigenvalue weighted by molar-refractivity contribution is 6.30. The van der Waals surface area contributed by atoms with Crippen LogP contribution in [0, 0.1) is 5.92 Å². The van der Waals surface area contributed by atoms with Gasteiger partial charge in [-0.2, -0.15) is 0 Å². The Bertz CT molecular complexity index is 648. The van der Waals surface area contributed by atoms with Crippen molar-refractivity contribution in [3.05, 3.63) is 70.2 Å². The highest BCUT2D eigenvalue weighted by Crippen LogP contribution is 2.37. The van der Waals surface area contributed by atoms with Gasteiger partial charge >= 0.3 is 0 Å². The molecule has 27 heavy (non-hydrogen) atoms. The van der Waals surface area contributed by atoms with Gasteiger partial charge in [-0.3, -0.25) is 0 Å². The second-order valence-corrected chi connectivity index (χ2v) is 8.87. The summed E-state index contributed by atoms with van der Waals surface area (Å²) in [6.45, 7) is 2.30. The summed E-state index contributed by atoms with van der Waals surface area (Å²) >= 11 is 5.97. The van der Waals surface area contributed by atoms with Gasteiger partial charge in [-0.15, -0.1) is 0 Å². The predicted molar refractivity (Wildman–Crippen MR) is 119 cm³/mol. The maximum Gasteiger partial charge on any atom is 0.0406 e. The van der Waals surface area contributed by atoms with Crippen molar-refractivity contribution < 1.29 is 0 Å². The molecule has 0 spiro atoms. The molecule has 1 fully saturated rings. The minimum Gasteiger partial charge on any atom is -0.0843 e. The van der Waals surface area contributed by atoms with Crippen LogP contribution in [0.4, 0.5) is 0 Å². The first kappa shape index (κ1) is 20.5. The summed E-state index contributed by atoms with van der Waals surface area (Å²) in [5.74, 6) is 1.79. The topological polar surface area (TPSA) is 0 Å². The van der Waals surface area contributed by atoms with Crippen LogP contribution >= 0.6 is 11.6 Å². The second-order valence-electron chi connectivity index (χ2n) is 8.44. The molecule has 0 heterocycles. The Labute approximate surface area is 171 Å². The largest absolute Gasteiger partial charge is 0.0843 e. The normalized spacial score (nSPS) is 19.9. The molecular weight excluding hydrogens is 348 g/mol. The summed E-state index contributed by atoms with van der Waals surface area (Å²) in [7, 11) is 0. The number of halogens is 1. The van der Waals surface area contributed by atoms with E-state index in [4.69, 9.17) is 11.6 Å². The van der Waals surface area contributed by atoms with Gasteiger partial charge in [0.15, 0.2) is 0 Å². The van der Waals surface area contributed by atoms with E-state index in [2.05, 4.69) is 43.3 Å². The van der Waals surface area contributed by atoms with Crippen LogP contribution in [0.2, 0.25) is 5.02 Å². The van der Waals surface area contributed by atoms with Gasteiger partial charge in [-0.1, -0.05) is 87.0 Å². The Balaban J connectivity index is 1.42. The molecule has 1 aliphatic carbocycles. The van der Waals surface area contributed by atoms with E-state index >= 15 is 0 Å². The average molecular weight is 383 g/mol. The zero-order valence-electron chi connectivity index (χ0n) is 16.9. The van der Waals surface area contributed by atoms with Crippen LogP contribution in [-0.4, -0.2) is 0 Å². The van der Waals surface area contributed by atoms with E-state index in [1.807, 2.05) is 12.1 Å². The van der Waals surface area contributed by atoms with Crippen molar-refractivity contribution >= 4 is 11.6 Å². The summed E-state index contributed by atoms with van der Waals surface area (Å²) in [4.78, 5) is 0. The van der Waals surface area contributed by atoms with E-state index in [0.29, 0.717) is 0 Å². The lowest BCUT2D eigenvalue weighted by Crippen LogP contribution is -2.13. The van der Waals surface area contributed by atoms with Crippen LogP contribution in [-0.2, 0) is 12.8 Å². The molecule has 0 unspecified atom stereocenters. The van der Waals surface area contributed by atoms with E-state index in [9.17, 15) is 0 Å². The van der Waals surface area contributed by atoms with Crippen LogP contribution in [0.25, 0.3) is 0 Å². The lowest BCUT2D eigenvalue weighted by Gasteiger charge is -2.29. The van der Waals surface area contributed by atoms with Crippen LogP contribution in [0.3, 0.4) is 0 Å². The zero-order valence-corrected chi connectivity index (χ0v) is 17.7. The van der Waals surface area contributed by atoms with Crippen molar-refractivity contribution in [3.63, 3.8) is 0 Å². The Morgan fingerprint density at radius 2 is 1.33 bits per heavy atom. The third-order valence-electron chi connectivity index (χ3n) is 6.38. The Morgan fingerprint density at radius 1 is 0.741 bits per heavy atom. The maximum atomic E-state index is 5.97. The molecular formula is C26H35Cl. The van der Waals surface area contributed by atoms with Crippen LogP contribution in [0.5, 0.6) is 0 Å². The van der Waals surface area contributed by atoms with E-state index in [1.165, 1.54) is 68.9 Å². The number of aryl methyl sites for hydroxylation is 2. The molecule has 0 radical (unpaired) electrons. The number of benzene rings is 2. The molecule has 1 heteroatoms. The van der Waals surface area contributed by atoms with Crippen molar-refractivity contribution in [2.24, 2.45) is 5.92 Å². The van der Waals surface area contributed by atoms with Crippen molar-refractivity contribution in [2.45, 2.75) is 83.5 Å². The molecule has 0 nitrogen and oxygen atoms in total. The number of unbranched alkanes of at least 4 members (excludes halogenated alkanes) is 3. The molecule has 146 valence electrons. The molecule has 2 aromatic rings. The van der Waals surface area contributed by atoms with Crippen molar-refractivity contribution in [2.75, 3.05) is 0 Å². The Kier molecular flexibility index (Phi) is 8.27. The molecule has 0 saturated heterocycles. The first-order chi connectivity index (χ1) is 13.2. The Hall–Kier alpha value is -1.27. The monoisotopic (exact) mass is 382 g/mol.